The molecule has 3 heterocycles. The molecule has 0 radical (unpaired) electrons. The Hall–Kier alpha value is -4.24. The van der Waals surface area contributed by atoms with Gasteiger partial charge >= 0.3 is 0 Å². The number of hydrogen-bond acceptors (Lipinski definition) is 2. The Morgan fingerprint density at radius 2 is 1.42 bits per heavy atom. The van der Waals surface area contributed by atoms with Gasteiger partial charge in [0.25, 0.3) is 0 Å². The molecule has 1 N–H and O–H groups in total. The van der Waals surface area contributed by atoms with Gasteiger partial charge in [-0.3, -0.25) is 0 Å². The lowest BCUT2D eigenvalue weighted by molar-refractivity contribution is 0.195. The van der Waals surface area contributed by atoms with Crippen LogP contribution in [0.4, 0.5) is 22.7 Å². The van der Waals surface area contributed by atoms with Crippen LogP contribution >= 0.6 is 0 Å². The van der Waals surface area contributed by atoms with E-state index in [-0.39, 0.29) is 21.8 Å². The first-order valence-corrected chi connectivity index (χ1v) is 19.0. The van der Waals surface area contributed by atoms with Crippen molar-refractivity contribution in [3.8, 4) is 22.3 Å². The van der Waals surface area contributed by atoms with E-state index in [1.807, 2.05) is 0 Å². The summed E-state index contributed by atoms with van der Waals surface area (Å²) in [4.78, 5) is 2.87. The fourth-order valence-electron chi connectivity index (χ4n) is 10.6. The van der Waals surface area contributed by atoms with Gasteiger partial charge in [0, 0.05) is 33.5 Å². The quantitative estimate of drug-likeness (QED) is 0.191. The third-order valence-corrected chi connectivity index (χ3v) is 13.6. The first kappa shape index (κ1) is 31.7. The van der Waals surface area contributed by atoms with E-state index in [0.29, 0.717) is 0 Å². The molecule has 2 nitrogen and oxygen atoms in total. The van der Waals surface area contributed by atoms with Gasteiger partial charge in [-0.05, 0) is 113 Å². The third kappa shape index (κ3) is 4.16. The lowest BCUT2D eigenvalue weighted by atomic mass is 9.57. The zero-order valence-corrected chi connectivity index (χ0v) is 31.6. The largest absolute Gasteiger partial charge is 0.355 e. The maximum Gasteiger partial charge on any atom is 0.198 e. The second-order valence-electron chi connectivity index (χ2n) is 17.9. The summed E-state index contributed by atoms with van der Waals surface area (Å²) in [6, 6.07) is 33.0. The van der Waals surface area contributed by atoms with E-state index in [4.69, 9.17) is 0 Å². The van der Waals surface area contributed by atoms with Crippen LogP contribution in [0.3, 0.4) is 0 Å². The van der Waals surface area contributed by atoms with E-state index < -0.39 is 0 Å². The SMILES string of the molecule is Cc1cccc(C)c1-c1cc(-c2cccc3c2Nc2ccccc2C3(C)C)c2c(c1)N1c3c(cc(C(C)(C)C)cc3C3(C)CCCCC13C)B2. The smallest absolute Gasteiger partial charge is 0.198 e. The molecule has 0 spiro atoms. The van der Waals surface area contributed by atoms with Gasteiger partial charge in [-0.15, -0.1) is 0 Å². The van der Waals surface area contributed by atoms with Crippen molar-refractivity contribution in [3.05, 3.63) is 118 Å². The molecule has 0 saturated heterocycles. The molecule has 1 saturated carbocycles. The van der Waals surface area contributed by atoms with E-state index in [1.54, 1.807) is 5.56 Å². The fraction of sp³-hybridized carbons (Fsp3) is 0.362. The van der Waals surface area contributed by atoms with E-state index in [0.717, 1.165) is 7.28 Å². The molecule has 0 bridgehead atoms. The molecule has 2 atom stereocenters. The first-order valence-electron chi connectivity index (χ1n) is 19.0. The minimum atomic E-state index is -0.118. The molecular formula is C47H51BN2. The van der Waals surface area contributed by atoms with Crippen LogP contribution in [0.5, 0.6) is 0 Å². The van der Waals surface area contributed by atoms with Crippen molar-refractivity contribution >= 4 is 41.0 Å². The molecule has 4 aliphatic rings. The zero-order chi connectivity index (χ0) is 35.0. The Morgan fingerprint density at radius 1 is 0.720 bits per heavy atom. The molecule has 3 heteroatoms. The highest BCUT2D eigenvalue weighted by Crippen LogP contribution is 2.62. The minimum Gasteiger partial charge on any atom is -0.355 e. The first-order chi connectivity index (χ1) is 23.7. The lowest BCUT2D eigenvalue weighted by Crippen LogP contribution is -2.57. The average Bonchev–Trinajstić information content (AvgIpc) is 3.28. The van der Waals surface area contributed by atoms with Gasteiger partial charge in [0.1, 0.15) is 0 Å². The highest BCUT2D eigenvalue weighted by atomic mass is 15.3. The number of aryl methyl sites for hydroxylation is 2. The minimum absolute atomic E-state index is 0.0000219. The molecule has 9 rings (SSSR count). The highest BCUT2D eigenvalue weighted by Gasteiger charge is 2.59. The average molecular weight is 655 g/mol. The summed E-state index contributed by atoms with van der Waals surface area (Å²) >= 11 is 0. The Labute approximate surface area is 300 Å². The van der Waals surface area contributed by atoms with Crippen LogP contribution in [0.2, 0.25) is 0 Å². The molecule has 1 aliphatic carbocycles. The topological polar surface area (TPSA) is 15.3 Å². The summed E-state index contributed by atoms with van der Waals surface area (Å²) in [7, 11) is 0.941. The van der Waals surface area contributed by atoms with Crippen LogP contribution in [0.1, 0.15) is 108 Å². The number of benzene rings is 5. The Morgan fingerprint density at radius 3 is 2.18 bits per heavy atom. The number of rotatable bonds is 2. The second-order valence-corrected chi connectivity index (χ2v) is 17.9. The molecule has 3 aliphatic heterocycles. The summed E-state index contributed by atoms with van der Waals surface area (Å²) in [6.07, 6.45) is 5.02. The molecule has 50 heavy (non-hydrogen) atoms. The van der Waals surface area contributed by atoms with Gasteiger partial charge < -0.3 is 10.2 Å². The van der Waals surface area contributed by atoms with Gasteiger partial charge in [-0.25, -0.2) is 0 Å². The standard InChI is InChI=1S/C47H51BN2/c1-28-16-14-17-29(2)40(28)30-24-33(32-18-15-20-35-42(32)49-38-21-11-10-19-34(38)45(35,6)7)41-39(25-30)50-43-36(46(8)22-12-13-23-47(46,50)9)26-31(44(3,4)5)27-37(43)48-41/h10-11,14-21,24-27,48-49H,12-13,22-23H2,1-9H3. The second kappa shape index (κ2) is 10.4. The van der Waals surface area contributed by atoms with Crippen LogP contribution in [-0.2, 0) is 16.2 Å². The van der Waals surface area contributed by atoms with Gasteiger partial charge in [0.2, 0.25) is 0 Å². The molecular weight excluding hydrogens is 603 g/mol. The molecule has 252 valence electrons. The van der Waals surface area contributed by atoms with Crippen LogP contribution in [0, 0.1) is 13.8 Å². The molecule has 0 amide bonds. The summed E-state index contributed by atoms with van der Waals surface area (Å²) < 4.78 is 0. The molecule has 5 aromatic rings. The number of fused-ring (bicyclic) bond motifs is 7. The number of anilines is 4. The maximum atomic E-state index is 3.98. The summed E-state index contributed by atoms with van der Waals surface area (Å²) in [5.74, 6) is 0. The predicted molar refractivity (Wildman–Crippen MR) is 217 cm³/mol. The monoisotopic (exact) mass is 654 g/mol. The van der Waals surface area contributed by atoms with Gasteiger partial charge in [-0.1, -0.05) is 127 Å². The van der Waals surface area contributed by atoms with Crippen molar-refractivity contribution in [2.45, 2.75) is 110 Å². The van der Waals surface area contributed by atoms with E-state index in [9.17, 15) is 0 Å². The number of nitrogens with one attached hydrogen (secondary N) is 1. The molecule has 5 aromatic carbocycles. The van der Waals surface area contributed by atoms with Gasteiger partial charge in [0.05, 0.1) is 11.2 Å². The summed E-state index contributed by atoms with van der Waals surface area (Å²) in [5, 5.41) is 3.98. The molecule has 1 fully saturated rings. The normalized spacial score (nSPS) is 22.4. The van der Waals surface area contributed by atoms with Crippen molar-refractivity contribution in [3.63, 3.8) is 0 Å². The van der Waals surface area contributed by atoms with E-state index >= 15 is 0 Å². The number of nitrogens with zero attached hydrogens (tertiary/aromatic N) is 1. The molecule has 0 aromatic heterocycles. The van der Waals surface area contributed by atoms with Crippen molar-refractivity contribution in [2.75, 3.05) is 10.2 Å². The number of hydrogen-bond donors (Lipinski definition) is 1. The van der Waals surface area contributed by atoms with Gasteiger partial charge in [-0.2, -0.15) is 0 Å². The fourth-order valence-corrected chi connectivity index (χ4v) is 10.6. The van der Waals surface area contributed by atoms with Crippen molar-refractivity contribution in [1.29, 1.82) is 0 Å². The van der Waals surface area contributed by atoms with E-state index in [1.165, 1.54) is 109 Å². The van der Waals surface area contributed by atoms with Crippen LogP contribution in [0.15, 0.2) is 84.9 Å². The summed E-state index contributed by atoms with van der Waals surface area (Å²) in [6.45, 7) is 21.7. The van der Waals surface area contributed by atoms with Crippen molar-refractivity contribution in [1.82, 2.24) is 0 Å². The predicted octanol–water partition coefficient (Wildman–Crippen LogP) is 10.8. The Bertz CT molecular complexity index is 2230. The van der Waals surface area contributed by atoms with Crippen LogP contribution in [0.25, 0.3) is 22.3 Å². The zero-order valence-electron chi connectivity index (χ0n) is 31.6. The van der Waals surface area contributed by atoms with Crippen LogP contribution in [-0.4, -0.2) is 12.8 Å². The Balaban J connectivity index is 1.38. The van der Waals surface area contributed by atoms with Crippen molar-refractivity contribution in [2.24, 2.45) is 0 Å². The summed E-state index contributed by atoms with van der Waals surface area (Å²) in [5.41, 5.74) is 22.2. The van der Waals surface area contributed by atoms with Gasteiger partial charge in [0.15, 0.2) is 7.28 Å². The number of para-hydroxylation sites is 2. The maximum absolute atomic E-state index is 3.98. The van der Waals surface area contributed by atoms with E-state index in [2.05, 4.69) is 157 Å². The third-order valence-electron chi connectivity index (χ3n) is 13.6. The highest BCUT2D eigenvalue weighted by molar-refractivity contribution is 6.73. The van der Waals surface area contributed by atoms with Crippen molar-refractivity contribution < 1.29 is 0 Å². The Kier molecular flexibility index (Phi) is 6.60. The van der Waals surface area contributed by atoms with Crippen LogP contribution < -0.4 is 21.1 Å². The molecule has 2 unspecified atom stereocenters. The lowest BCUT2D eigenvalue weighted by Gasteiger charge is -2.51.